The van der Waals surface area contributed by atoms with Gasteiger partial charge in [0.25, 0.3) is 5.91 Å². The Bertz CT molecular complexity index is 2630. The van der Waals surface area contributed by atoms with Crippen LogP contribution < -0.4 is 111 Å². The first kappa shape index (κ1) is 56.0. The zero-order valence-electron chi connectivity index (χ0n) is 31.4. The fourth-order valence-corrected chi connectivity index (χ4v) is 7.86. The minimum Gasteiger partial charge on any atom is -0.744 e. The molecule has 31 heteroatoms. The molecule has 5 N–H and O–H groups in total. The van der Waals surface area contributed by atoms with Crippen LogP contribution in [0.4, 0.5) is 39.8 Å². The summed E-state index contributed by atoms with van der Waals surface area (Å²) in [5.41, 5.74) is 10.5. The molecule has 0 aliphatic heterocycles. The number of hydrogen-bond donors (Lipinski definition) is 3. The van der Waals surface area contributed by atoms with Crippen molar-refractivity contribution in [3.05, 3.63) is 84.4 Å². The number of nitrogens with zero attached hydrogens (tertiary/aromatic N) is 4. The van der Waals surface area contributed by atoms with E-state index in [4.69, 9.17) is 15.7 Å². The van der Waals surface area contributed by atoms with Crippen LogP contribution >= 0.6 is 12.3 Å². The quantitative estimate of drug-likeness (QED) is 0.00905. The maximum absolute atomic E-state index is 13.0. The summed E-state index contributed by atoms with van der Waals surface area (Å²) >= 11 is 0.147. The summed E-state index contributed by atoms with van der Waals surface area (Å²) in [6, 6.07) is 15.9. The van der Waals surface area contributed by atoms with Gasteiger partial charge in [-0.3, -0.25) is 18.2 Å². The van der Waals surface area contributed by atoms with Crippen molar-refractivity contribution in [3.63, 3.8) is 0 Å². The summed E-state index contributed by atoms with van der Waals surface area (Å²) < 4.78 is 130. The van der Waals surface area contributed by atoms with Gasteiger partial charge in [-0.05, 0) is 72.8 Å². The average molecular weight is 958 g/mol. The van der Waals surface area contributed by atoms with E-state index < -0.39 is 80.5 Å². The van der Waals surface area contributed by atoms with Crippen LogP contribution in [0, 0.1) is 0 Å². The van der Waals surface area contributed by atoms with Crippen molar-refractivity contribution in [2.45, 2.75) is 14.7 Å². The summed E-state index contributed by atoms with van der Waals surface area (Å²) in [5.74, 6) is -1.97. The molecule has 306 valence electrons. The van der Waals surface area contributed by atoms with Crippen molar-refractivity contribution in [2.75, 3.05) is 41.5 Å². The maximum atomic E-state index is 13.0. The third kappa shape index (κ3) is 17.0. The van der Waals surface area contributed by atoms with E-state index in [-0.39, 0.29) is 151 Å². The van der Waals surface area contributed by atoms with Gasteiger partial charge in [-0.1, -0.05) is 6.07 Å². The van der Waals surface area contributed by atoms with Crippen LogP contribution in [-0.2, 0) is 57.9 Å². The van der Waals surface area contributed by atoms with Gasteiger partial charge in [-0.15, -0.1) is 14.6 Å². The number of carbonyl (C=O) groups excluding carboxylic acids is 1. The Morgan fingerprint density at radius 2 is 1.27 bits per heavy atom. The summed E-state index contributed by atoms with van der Waals surface area (Å²) in [7, 11) is -18.2. The molecule has 0 spiro atoms. The Morgan fingerprint density at radius 1 is 0.700 bits per heavy atom. The third-order valence-corrected chi connectivity index (χ3v) is 12.1. The molecule has 0 aliphatic carbocycles. The van der Waals surface area contributed by atoms with E-state index in [9.17, 15) is 52.8 Å². The summed E-state index contributed by atoms with van der Waals surface area (Å²) in [6.07, 6.45) is 0. The number of anilines is 3. The van der Waals surface area contributed by atoms with E-state index in [1.165, 1.54) is 60.7 Å². The van der Waals surface area contributed by atoms with Gasteiger partial charge in [0.2, 0.25) is 10.4 Å². The van der Waals surface area contributed by atoms with E-state index in [0.29, 0.717) is 0 Å². The van der Waals surface area contributed by atoms with Gasteiger partial charge in [-0.2, -0.15) is 10.2 Å². The SMILES string of the molecule is Nc1c(N=Nc2ccc(S(=O)(=O)CCOSOO[O-])cc2)cc(S(=O)(=O)[O-])c(N)c1N=Nc1cccc(C(=O)Nc2ccc(S(=O)(=O)CCOS(=O)(=O)[O-])cc2)c1.[Na+].[Na+].[Na+]. The van der Waals surface area contributed by atoms with Gasteiger partial charge in [0.05, 0.1) is 62.2 Å². The summed E-state index contributed by atoms with van der Waals surface area (Å²) in [6.45, 7) is -1.24. The van der Waals surface area contributed by atoms with Gasteiger partial charge >= 0.3 is 88.7 Å². The van der Waals surface area contributed by atoms with Crippen molar-refractivity contribution in [1.82, 2.24) is 0 Å². The topological polar surface area (TPSA) is 373 Å². The maximum Gasteiger partial charge on any atom is 1.00 e. The molecule has 4 rings (SSSR count). The van der Waals surface area contributed by atoms with E-state index in [1.54, 1.807) is 0 Å². The number of benzene rings is 4. The first-order valence-corrected chi connectivity index (χ1v) is 21.8. The Labute approximate surface area is 413 Å². The number of nitrogens with one attached hydrogen (secondary N) is 1. The largest absolute Gasteiger partial charge is 1.00 e. The second-order valence-corrected chi connectivity index (χ2v) is 18.0. The van der Waals surface area contributed by atoms with E-state index in [1.807, 2.05) is 0 Å². The van der Waals surface area contributed by atoms with Crippen molar-refractivity contribution in [1.29, 1.82) is 0 Å². The van der Waals surface area contributed by atoms with Crippen molar-refractivity contribution < 1.29 is 159 Å². The minimum absolute atomic E-state index is 0. The molecule has 4 aromatic carbocycles. The molecule has 60 heavy (non-hydrogen) atoms. The predicted octanol–water partition coefficient (Wildman–Crippen LogP) is -6.32. The van der Waals surface area contributed by atoms with Gasteiger partial charge < -0.3 is 31.1 Å². The van der Waals surface area contributed by atoms with Crippen LogP contribution in [-0.4, -0.2) is 73.4 Å². The Morgan fingerprint density at radius 3 is 1.83 bits per heavy atom. The third-order valence-electron chi connectivity index (χ3n) is 7.02. The smallest absolute Gasteiger partial charge is 0.744 e. The van der Waals surface area contributed by atoms with Crippen LogP contribution in [0.5, 0.6) is 0 Å². The standard InChI is InChI=1S/C29H29N7O16S5.3Na/c30-26-24(35-33-20-6-10-23(11-7-20)54(39,40)14-12-49-53-52-51-38)17-25(56(43,44)45)27(31)28(26)36-34-21-3-1-2-18(16-21)29(37)32-19-4-8-22(9-5-19)55(41,42)15-13-50-57(46,47)48;;;/h1-11,16-17,38H,12-15,30-31H2,(H,32,37)(H,43,44,45)(H,46,47,48);;;/q;3*+1/p-3. The van der Waals surface area contributed by atoms with Crippen LogP contribution in [0.25, 0.3) is 0 Å². The molecule has 0 aliphatic rings. The van der Waals surface area contributed by atoms with Gasteiger partial charge in [0.15, 0.2) is 32.0 Å². The average Bonchev–Trinajstić information content (AvgIpc) is 3.13. The molecule has 1 amide bonds. The van der Waals surface area contributed by atoms with Crippen molar-refractivity contribution in [3.8, 4) is 0 Å². The molecule has 0 atom stereocenters. The second-order valence-electron chi connectivity index (χ2n) is 10.8. The van der Waals surface area contributed by atoms with E-state index in [0.717, 1.165) is 18.2 Å². The molecule has 0 fully saturated rings. The van der Waals surface area contributed by atoms with Crippen molar-refractivity contribution >= 4 is 98.2 Å². The molecule has 0 saturated heterocycles. The predicted molar refractivity (Wildman–Crippen MR) is 194 cm³/mol. The first-order valence-electron chi connectivity index (χ1n) is 15.1. The van der Waals surface area contributed by atoms with Crippen LogP contribution in [0.3, 0.4) is 0 Å². The minimum atomic E-state index is -5.23. The fourth-order valence-electron chi connectivity index (χ4n) is 4.35. The molecule has 0 radical (unpaired) electrons. The molecule has 23 nitrogen and oxygen atoms in total. The molecule has 0 unspecified atom stereocenters. The summed E-state index contributed by atoms with van der Waals surface area (Å²) in [4.78, 5) is 11.7. The first-order chi connectivity index (χ1) is 26.7. The normalized spacial score (nSPS) is 12.1. The number of nitrogen functional groups attached to an aromatic ring is 2. The Kier molecular flexibility index (Phi) is 23.1. The monoisotopic (exact) mass is 957 g/mol. The Balaban J connectivity index is 0.00000600. The number of nitrogens with two attached hydrogens (primary N) is 2. The zero-order chi connectivity index (χ0) is 42.0. The number of sulfone groups is 2. The summed E-state index contributed by atoms with van der Waals surface area (Å²) in [5, 5.41) is 31.0. The molecule has 0 bridgehead atoms. The van der Waals surface area contributed by atoms with Gasteiger partial charge in [0.1, 0.15) is 21.5 Å². The molecule has 0 saturated carbocycles. The molecule has 4 aromatic rings. The number of rotatable bonds is 19. The molecular weight excluding hydrogens is 932 g/mol. The Hall–Kier alpha value is -1.98. The zero-order valence-corrected chi connectivity index (χ0v) is 41.4. The molecule has 0 aromatic heterocycles. The van der Waals surface area contributed by atoms with E-state index >= 15 is 0 Å². The van der Waals surface area contributed by atoms with Gasteiger partial charge in [0, 0.05) is 11.3 Å². The van der Waals surface area contributed by atoms with Crippen LogP contribution in [0.1, 0.15) is 10.4 Å². The van der Waals surface area contributed by atoms with Crippen LogP contribution in [0.2, 0.25) is 0 Å². The van der Waals surface area contributed by atoms with Crippen LogP contribution in [0.15, 0.2) is 114 Å². The number of hydrogen-bond acceptors (Lipinski definition) is 23. The van der Waals surface area contributed by atoms with E-state index in [2.05, 4.69) is 39.3 Å². The van der Waals surface area contributed by atoms with Gasteiger partial charge in [-0.25, -0.2) is 33.7 Å². The number of amides is 1. The molecule has 0 heterocycles. The molecular formula is C29H26N7Na3O16S5. The second kappa shape index (κ2) is 24.8. The number of azo groups is 2. The number of carbonyl (C=O) groups is 1. The van der Waals surface area contributed by atoms with Crippen molar-refractivity contribution in [2.24, 2.45) is 20.5 Å². The fraction of sp³-hybridized carbons (Fsp3) is 0.138.